The molecule has 3 aromatic carbocycles. The molecule has 4 amide bonds. The zero-order chi connectivity index (χ0) is 24.9. The summed E-state index contributed by atoms with van der Waals surface area (Å²) in [6, 6.07) is 16.0. The third-order valence-corrected chi connectivity index (χ3v) is 5.17. The fraction of sp³-hybridized carbons (Fsp3) is 0.0800. The lowest BCUT2D eigenvalue weighted by Crippen LogP contribution is -2.30. The maximum atomic E-state index is 13.0. The quantitative estimate of drug-likeness (QED) is 0.369. The molecular weight excluding hydrogens is 477 g/mol. The Hall–Kier alpha value is -4.37. The molecule has 178 valence electrons. The summed E-state index contributed by atoms with van der Waals surface area (Å²) >= 11 is 5.98. The van der Waals surface area contributed by atoms with Crippen molar-refractivity contribution in [2.45, 2.75) is 0 Å². The number of benzene rings is 3. The second-order valence-corrected chi connectivity index (χ2v) is 7.80. The molecule has 0 unspecified atom stereocenters. The first kappa shape index (κ1) is 23.8. The zero-order valence-corrected chi connectivity index (χ0v) is 19.1. The fourth-order valence-electron chi connectivity index (χ4n) is 3.32. The number of urea groups is 1. The first-order chi connectivity index (χ1) is 16.8. The molecule has 1 aliphatic heterocycles. The van der Waals surface area contributed by atoms with Crippen molar-refractivity contribution in [3.63, 3.8) is 0 Å². The van der Waals surface area contributed by atoms with Crippen molar-refractivity contribution in [3.8, 4) is 11.5 Å². The number of nitrogens with zero attached hydrogens (tertiary/aromatic N) is 1. The maximum absolute atomic E-state index is 13.0. The Labute approximate surface area is 204 Å². The van der Waals surface area contributed by atoms with Crippen LogP contribution in [-0.4, -0.2) is 31.6 Å². The third-order valence-electron chi connectivity index (χ3n) is 4.93. The van der Waals surface area contributed by atoms with E-state index in [-0.39, 0.29) is 12.3 Å². The third kappa shape index (κ3) is 5.59. The Balaban J connectivity index is 1.45. The van der Waals surface area contributed by atoms with Gasteiger partial charge in [0.15, 0.2) is 18.1 Å². The summed E-state index contributed by atoms with van der Waals surface area (Å²) in [5.41, 5.74) is 1.42. The smallest absolute Gasteiger partial charge is 0.333 e. The monoisotopic (exact) mass is 495 g/mol. The molecule has 0 aromatic heterocycles. The van der Waals surface area contributed by atoms with Gasteiger partial charge in [-0.2, -0.15) is 0 Å². The number of ether oxygens (including phenoxy) is 2. The van der Waals surface area contributed by atoms with Crippen molar-refractivity contribution in [2.75, 3.05) is 23.9 Å². The predicted molar refractivity (Wildman–Crippen MR) is 129 cm³/mol. The van der Waals surface area contributed by atoms with Crippen molar-refractivity contribution in [3.05, 3.63) is 88.8 Å². The van der Waals surface area contributed by atoms with Crippen molar-refractivity contribution in [1.29, 1.82) is 0 Å². The van der Waals surface area contributed by atoms with Crippen LogP contribution in [0.4, 0.5) is 20.6 Å². The maximum Gasteiger partial charge on any atom is 0.333 e. The Morgan fingerprint density at radius 2 is 1.86 bits per heavy atom. The average molecular weight is 496 g/mol. The van der Waals surface area contributed by atoms with E-state index >= 15 is 0 Å². The molecule has 0 aliphatic carbocycles. The summed E-state index contributed by atoms with van der Waals surface area (Å²) in [5, 5.41) is 5.54. The molecule has 0 spiro atoms. The summed E-state index contributed by atoms with van der Waals surface area (Å²) in [7, 11) is 1.43. The molecule has 1 heterocycles. The number of imide groups is 1. The Morgan fingerprint density at radius 1 is 1.09 bits per heavy atom. The van der Waals surface area contributed by atoms with Gasteiger partial charge in [0.05, 0.1) is 12.8 Å². The predicted octanol–water partition coefficient (Wildman–Crippen LogP) is 4.60. The van der Waals surface area contributed by atoms with E-state index in [4.69, 9.17) is 21.1 Å². The van der Waals surface area contributed by atoms with Crippen LogP contribution in [0, 0.1) is 5.82 Å². The van der Waals surface area contributed by atoms with Gasteiger partial charge in [-0.15, -0.1) is 0 Å². The van der Waals surface area contributed by atoms with E-state index < -0.39 is 23.7 Å². The lowest BCUT2D eigenvalue weighted by Gasteiger charge is -2.12. The minimum absolute atomic E-state index is 0.0735. The van der Waals surface area contributed by atoms with Crippen LogP contribution in [0.1, 0.15) is 5.56 Å². The van der Waals surface area contributed by atoms with Crippen LogP contribution in [0.15, 0.2) is 72.4 Å². The topological polar surface area (TPSA) is 97.0 Å². The van der Waals surface area contributed by atoms with Gasteiger partial charge in [-0.1, -0.05) is 23.7 Å². The number of anilines is 2. The molecular formula is C25H19ClFN3O5. The zero-order valence-electron chi connectivity index (χ0n) is 18.4. The molecule has 0 atom stereocenters. The SMILES string of the molecule is COc1cc(/C=C2\NC(=O)N(c3cccc(Cl)c3)C2=O)ccc1OCC(=O)Nc1ccc(F)cc1. The number of halogens is 2. The van der Waals surface area contributed by atoms with Crippen LogP contribution in [0.5, 0.6) is 11.5 Å². The summed E-state index contributed by atoms with van der Waals surface area (Å²) in [4.78, 5) is 38.3. The van der Waals surface area contributed by atoms with Gasteiger partial charge >= 0.3 is 6.03 Å². The number of rotatable bonds is 7. The summed E-state index contributed by atoms with van der Waals surface area (Å²) in [6.45, 7) is -0.308. The minimum atomic E-state index is -0.595. The van der Waals surface area contributed by atoms with Gasteiger partial charge in [-0.3, -0.25) is 9.59 Å². The number of carbonyl (C=O) groups is 3. The number of hydrogen-bond donors (Lipinski definition) is 2. The largest absolute Gasteiger partial charge is 0.493 e. The molecule has 8 nitrogen and oxygen atoms in total. The fourth-order valence-corrected chi connectivity index (χ4v) is 3.50. The highest BCUT2D eigenvalue weighted by atomic mass is 35.5. The molecule has 0 radical (unpaired) electrons. The first-order valence-electron chi connectivity index (χ1n) is 10.3. The number of methoxy groups -OCH3 is 1. The number of nitrogens with one attached hydrogen (secondary N) is 2. The van der Waals surface area contributed by atoms with Crippen molar-refractivity contribution in [2.24, 2.45) is 0 Å². The van der Waals surface area contributed by atoms with Gasteiger partial charge in [-0.05, 0) is 66.2 Å². The molecule has 4 rings (SSSR count). The van der Waals surface area contributed by atoms with Crippen LogP contribution in [0.2, 0.25) is 5.02 Å². The Kier molecular flexibility index (Phi) is 6.98. The minimum Gasteiger partial charge on any atom is -0.493 e. The van der Waals surface area contributed by atoms with Crippen LogP contribution < -0.4 is 25.0 Å². The lowest BCUT2D eigenvalue weighted by atomic mass is 10.1. The Bertz CT molecular complexity index is 1330. The molecule has 10 heteroatoms. The highest BCUT2D eigenvalue weighted by Gasteiger charge is 2.35. The van der Waals surface area contributed by atoms with Crippen molar-refractivity contribution in [1.82, 2.24) is 5.32 Å². The van der Waals surface area contributed by atoms with Gasteiger partial charge in [-0.25, -0.2) is 14.1 Å². The Morgan fingerprint density at radius 3 is 2.57 bits per heavy atom. The molecule has 2 N–H and O–H groups in total. The molecule has 1 saturated heterocycles. The molecule has 3 aromatic rings. The molecule has 0 saturated carbocycles. The molecule has 0 bridgehead atoms. The lowest BCUT2D eigenvalue weighted by molar-refractivity contribution is -0.118. The van der Waals surface area contributed by atoms with Crippen LogP contribution in [0.3, 0.4) is 0 Å². The van der Waals surface area contributed by atoms with E-state index in [2.05, 4.69) is 10.6 Å². The van der Waals surface area contributed by atoms with Gasteiger partial charge in [0.25, 0.3) is 11.8 Å². The number of carbonyl (C=O) groups excluding carboxylic acids is 3. The standard InChI is InChI=1S/C25H19ClFN3O5/c1-34-22-12-15(5-10-21(22)35-14-23(31)28-18-8-6-17(27)7-9-18)11-20-24(32)30(25(33)29-20)19-4-2-3-16(26)13-19/h2-13H,14H2,1H3,(H,28,31)(H,29,33)/b20-11-. The van der Waals surface area contributed by atoms with Crippen molar-refractivity contribution >= 4 is 46.9 Å². The van der Waals surface area contributed by atoms with E-state index in [1.54, 1.807) is 36.4 Å². The van der Waals surface area contributed by atoms with Gasteiger partial charge < -0.3 is 20.1 Å². The highest BCUT2D eigenvalue weighted by molar-refractivity contribution is 6.32. The van der Waals surface area contributed by atoms with Crippen molar-refractivity contribution < 1.29 is 28.2 Å². The van der Waals surface area contributed by atoms with Crippen LogP contribution in [0.25, 0.3) is 6.08 Å². The van der Waals surface area contributed by atoms with Crippen LogP contribution in [-0.2, 0) is 9.59 Å². The second-order valence-electron chi connectivity index (χ2n) is 7.36. The number of hydrogen-bond acceptors (Lipinski definition) is 5. The molecule has 1 aliphatic rings. The summed E-state index contributed by atoms with van der Waals surface area (Å²) in [6.07, 6.45) is 1.50. The van der Waals surface area contributed by atoms with E-state index in [9.17, 15) is 18.8 Å². The number of amides is 4. The highest BCUT2D eigenvalue weighted by Crippen LogP contribution is 2.30. The summed E-state index contributed by atoms with van der Waals surface area (Å²) < 4.78 is 23.9. The van der Waals surface area contributed by atoms with E-state index in [0.717, 1.165) is 4.90 Å². The van der Waals surface area contributed by atoms with E-state index in [0.29, 0.717) is 33.5 Å². The van der Waals surface area contributed by atoms with E-state index in [1.807, 2.05) is 0 Å². The van der Waals surface area contributed by atoms with Gasteiger partial charge in [0.2, 0.25) is 0 Å². The van der Waals surface area contributed by atoms with E-state index in [1.165, 1.54) is 43.5 Å². The van der Waals surface area contributed by atoms with Gasteiger partial charge in [0, 0.05) is 10.7 Å². The average Bonchev–Trinajstić information content (AvgIpc) is 3.12. The normalized spacial score (nSPS) is 14.1. The van der Waals surface area contributed by atoms with Gasteiger partial charge in [0.1, 0.15) is 11.5 Å². The summed E-state index contributed by atoms with van der Waals surface area (Å²) in [5.74, 6) is -0.766. The first-order valence-corrected chi connectivity index (χ1v) is 10.7. The second kappa shape index (κ2) is 10.3. The molecule has 1 fully saturated rings. The van der Waals surface area contributed by atoms with Crippen LogP contribution >= 0.6 is 11.6 Å². The molecule has 35 heavy (non-hydrogen) atoms.